The van der Waals surface area contributed by atoms with Crippen molar-refractivity contribution in [1.29, 1.82) is 0 Å². The molecule has 0 saturated carbocycles. The van der Waals surface area contributed by atoms with Crippen molar-refractivity contribution in [2.45, 2.75) is 0 Å². The number of rotatable bonds is 4. The summed E-state index contributed by atoms with van der Waals surface area (Å²) in [5, 5.41) is 4.36. The minimum absolute atomic E-state index is 0.190. The van der Waals surface area contributed by atoms with Gasteiger partial charge in [-0.05, 0) is 42.5 Å². The van der Waals surface area contributed by atoms with Gasteiger partial charge in [-0.2, -0.15) is 5.10 Å². The molecule has 0 unspecified atom stereocenters. The monoisotopic (exact) mass is 345 g/mol. The predicted molar refractivity (Wildman–Crippen MR) is 97.2 cm³/mol. The first-order chi connectivity index (χ1) is 12.7. The second kappa shape index (κ2) is 6.29. The fourth-order valence-electron chi connectivity index (χ4n) is 2.75. The van der Waals surface area contributed by atoms with E-state index < -0.39 is 5.91 Å². The van der Waals surface area contributed by atoms with Crippen LogP contribution < -0.4 is 10.5 Å². The topological polar surface area (TPSA) is 95.9 Å². The first-order valence-corrected chi connectivity index (χ1v) is 7.91. The Balaban J connectivity index is 1.89. The summed E-state index contributed by atoms with van der Waals surface area (Å²) in [4.78, 5) is 20.3. The third-order valence-corrected chi connectivity index (χ3v) is 4.04. The van der Waals surface area contributed by atoms with Crippen LogP contribution in [0.4, 0.5) is 0 Å². The summed E-state index contributed by atoms with van der Waals surface area (Å²) in [6.07, 6.45) is 3.29. The largest absolute Gasteiger partial charge is 0.497 e. The molecule has 0 fully saturated rings. The number of hydrogen-bond donors (Lipinski definition) is 1. The van der Waals surface area contributed by atoms with Crippen LogP contribution in [0.1, 0.15) is 10.5 Å². The van der Waals surface area contributed by atoms with Gasteiger partial charge in [0.15, 0.2) is 5.69 Å². The third-order valence-electron chi connectivity index (χ3n) is 4.04. The molecule has 0 atom stereocenters. The quantitative estimate of drug-likeness (QED) is 0.613. The van der Waals surface area contributed by atoms with E-state index in [1.807, 2.05) is 42.5 Å². The number of fused-ring (bicyclic) bond motifs is 1. The summed E-state index contributed by atoms with van der Waals surface area (Å²) in [6.45, 7) is 0. The van der Waals surface area contributed by atoms with Crippen molar-refractivity contribution < 1.29 is 9.53 Å². The summed E-state index contributed by atoms with van der Waals surface area (Å²) in [5.41, 5.74) is 9.55. The molecule has 0 aliphatic carbocycles. The van der Waals surface area contributed by atoms with Crippen LogP contribution in [0.3, 0.4) is 0 Å². The summed E-state index contributed by atoms with van der Waals surface area (Å²) >= 11 is 0. The van der Waals surface area contributed by atoms with Crippen LogP contribution in [-0.2, 0) is 0 Å². The fourth-order valence-corrected chi connectivity index (χ4v) is 2.75. The maximum absolute atomic E-state index is 11.6. The molecule has 4 aromatic rings. The molecule has 0 spiro atoms. The van der Waals surface area contributed by atoms with Crippen LogP contribution in [0.15, 0.2) is 60.9 Å². The zero-order chi connectivity index (χ0) is 18.1. The lowest BCUT2D eigenvalue weighted by molar-refractivity contribution is 0.0995. The molecule has 0 aliphatic rings. The summed E-state index contributed by atoms with van der Waals surface area (Å²) in [5.74, 6) is 0.151. The van der Waals surface area contributed by atoms with E-state index in [9.17, 15) is 4.79 Å². The Labute approximate surface area is 149 Å². The summed E-state index contributed by atoms with van der Waals surface area (Å²) < 4.78 is 6.87. The molecule has 1 amide bonds. The lowest BCUT2D eigenvalue weighted by Crippen LogP contribution is -2.12. The number of aromatic nitrogens is 4. The molecule has 2 N–H and O–H groups in total. The molecule has 7 heteroatoms. The normalized spacial score (nSPS) is 10.8. The van der Waals surface area contributed by atoms with Crippen molar-refractivity contribution in [3.05, 3.63) is 66.6 Å². The molecule has 128 valence electrons. The number of nitrogens with zero attached hydrogens (tertiary/aromatic N) is 4. The Morgan fingerprint density at radius 1 is 1.00 bits per heavy atom. The number of nitrogens with two attached hydrogens (primary N) is 1. The third kappa shape index (κ3) is 2.75. The van der Waals surface area contributed by atoms with Crippen molar-refractivity contribution in [2.24, 2.45) is 5.73 Å². The zero-order valence-corrected chi connectivity index (χ0v) is 14.0. The lowest BCUT2D eigenvalue weighted by Gasteiger charge is -2.09. The lowest BCUT2D eigenvalue weighted by atomic mass is 10.1. The van der Waals surface area contributed by atoms with Gasteiger partial charge in [-0.1, -0.05) is 6.07 Å². The molecule has 7 nitrogen and oxygen atoms in total. The molecule has 2 heterocycles. The van der Waals surface area contributed by atoms with E-state index >= 15 is 0 Å². The Kier molecular flexibility index (Phi) is 3.81. The molecule has 0 radical (unpaired) electrons. The maximum Gasteiger partial charge on any atom is 0.269 e. The first-order valence-electron chi connectivity index (χ1n) is 7.91. The second-order valence-corrected chi connectivity index (χ2v) is 5.65. The van der Waals surface area contributed by atoms with E-state index in [0.717, 1.165) is 33.7 Å². The Hall–Kier alpha value is -3.74. The highest BCUT2D eigenvalue weighted by Crippen LogP contribution is 2.27. The van der Waals surface area contributed by atoms with Gasteiger partial charge in [0.1, 0.15) is 5.75 Å². The van der Waals surface area contributed by atoms with Gasteiger partial charge in [0, 0.05) is 18.0 Å². The average molecular weight is 345 g/mol. The van der Waals surface area contributed by atoms with Crippen molar-refractivity contribution >= 4 is 16.9 Å². The van der Waals surface area contributed by atoms with Crippen LogP contribution in [0.25, 0.3) is 28.0 Å². The predicted octanol–water partition coefficient (Wildman–Crippen LogP) is 2.59. The minimum Gasteiger partial charge on any atom is -0.497 e. The number of primary amides is 1. The number of ether oxygens (including phenoxy) is 1. The number of carbonyl (C=O) groups excluding carboxylic acids is 1. The van der Waals surface area contributed by atoms with E-state index in [4.69, 9.17) is 10.5 Å². The van der Waals surface area contributed by atoms with Gasteiger partial charge in [-0.3, -0.25) is 14.8 Å². The van der Waals surface area contributed by atoms with Gasteiger partial charge in [-0.25, -0.2) is 4.68 Å². The highest BCUT2D eigenvalue weighted by atomic mass is 16.5. The molecule has 4 rings (SSSR count). The Bertz CT molecular complexity index is 1100. The van der Waals surface area contributed by atoms with Gasteiger partial charge < -0.3 is 10.5 Å². The Morgan fingerprint density at radius 2 is 1.73 bits per heavy atom. The second-order valence-electron chi connectivity index (χ2n) is 5.65. The number of hydrogen-bond acceptors (Lipinski definition) is 5. The highest BCUT2D eigenvalue weighted by Gasteiger charge is 2.15. The van der Waals surface area contributed by atoms with Crippen LogP contribution >= 0.6 is 0 Å². The molecule has 26 heavy (non-hydrogen) atoms. The molecule has 0 aliphatic heterocycles. The average Bonchev–Trinajstić information content (AvgIpc) is 3.13. The first kappa shape index (κ1) is 15.8. The molecule has 2 aromatic heterocycles. The fraction of sp³-hybridized carbons (Fsp3) is 0.0526. The van der Waals surface area contributed by atoms with Crippen LogP contribution in [0.5, 0.6) is 5.75 Å². The van der Waals surface area contributed by atoms with Crippen LogP contribution in [0, 0.1) is 0 Å². The minimum atomic E-state index is -0.584. The molecule has 0 bridgehead atoms. The number of methoxy groups -OCH3 is 1. The van der Waals surface area contributed by atoms with Gasteiger partial charge in [0.05, 0.1) is 29.5 Å². The van der Waals surface area contributed by atoms with Gasteiger partial charge in [-0.15, -0.1) is 0 Å². The standard InChI is InChI=1S/C19H15N5O2/c1-26-14-5-3-13(4-6-14)24-18(11-17(23-24)19(20)25)12-2-7-15-16(10-12)22-9-8-21-15/h2-11H,1H3,(H2,20,25). The zero-order valence-electron chi connectivity index (χ0n) is 14.0. The van der Waals surface area contributed by atoms with Crippen LogP contribution in [-0.4, -0.2) is 32.8 Å². The molecule has 2 aromatic carbocycles. The Morgan fingerprint density at radius 3 is 2.42 bits per heavy atom. The van der Waals surface area contributed by atoms with E-state index in [0.29, 0.717) is 0 Å². The van der Waals surface area contributed by atoms with Gasteiger partial charge >= 0.3 is 0 Å². The summed E-state index contributed by atoms with van der Waals surface area (Å²) in [6, 6.07) is 14.8. The van der Waals surface area contributed by atoms with E-state index in [1.165, 1.54) is 0 Å². The van der Waals surface area contributed by atoms with E-state index in [2.05, 4.69) is 15.1 Å². The van der Waals surface area contributed by atoms with Crippen molar-refractivity contribution in [1.82, 2.24) is 19.7 Å². The highest BCUT2D eigenvalue weighted by molar-refractivity contribution is 5.92. The molecular formula is C19H15N5O2. The SMILES string of the molecule is COc1ccc(-n2nc(C(N)=O)cc2-c2ccc3nccnc3c2)cc1. The van der Waals surface area contributed by atoms with Crippen molar-refractivity contribution in [3.63, 3.8) is 0 Å². The number of benzene rings is 2. The van der Waals surface area contributed by atoms with Crippen molar-refractivity contribution in [3.8, 4) is 22.7 Å². The number of amides is 1. The van der Waals surface area contributed by atoms with Crippen molar-refractivity contribution in [2.75, 3.05) is 7.11 Å². The molecular weight excluding hydrogens is 330 g/mol. The number of carbonyl (C=O) groups is 1. The van der Waals surface area contributed by atoms with Gasteiger partial charge in [0.2, 0.25) is 0 Å². The smallest absolute Gasteiger partial charge is 0.269 e. The molecule has 0 saturated heterocycles. The van der Waals surface area contributed by atoms with Crippen LogP contribution in [0.2, 0.25) is 0 Å². The van der Waals surface area contributed by atoms with E-state index in [1.54, 1.807) is 30.3 Å². The summed E-state index contributed by atoms with van der Waals surface area (Å²) in [7, 11) is 1.61. The van der Waals surface area contributed by atoms with E-state index in [-0.39, 0.29) is 5.69 Å². The van der Waals surface area contributed by atoms with Gasteiger partial charge in [0.25, 0.3) is 5.91 Å². The maximum atomic E-state index is 11.6.